The third kappa shape index (κ3) is 2.98. The Morgan fingerprint density at radius 3 is 2.64 bits per heavy atom. The number of halogens is 2. The van der Waals surface area contributed by atoms with Crippen molar-refractivity contribution in [2.45, 2.75) is 13.0 Å². The van der Waals surface area contributed by atoms with Crippen LogP contribution in [0.2, 0.25) is 0 Å². The Hall–Kier alpha value is -3.91. The molecule has 0 radical (unpaired) electrons. The van der Waals surface area contributed by atoms with Crippen LogP contribution in [-0.4, -0.2) is 10.9 Å². The summed E-state index contributed by atoms with van der Waals surface area (Å²) in [5.41, 5.74) is 1.86. The van der Waals surface area contributed by atoms with Gasteiger partial charge in [0.1, 0.15) is 17.2 Å². The van der Waals surface area contributed by atoms with E-state index in [1.54, 1.807) is 24.3 Å². The zero-order chi connectivity index (χ0) is 22.9. The highest BCUT2D eigenvalue weighted by Crippen LogP contribution is 2.43. The Morgan fingerprint density at radius 1 is 1.00 bits per heavy atom. The number of amides is 1. The van der Waals surface area contributed by atoms with Crippen molar-refractivity contribution in [3.63, 3.8) is 0 Å². The first kappa shape index (κ1) is 19.8. The lowest BCUT2D eigenvalue weighted by atomic mass is 9.98. The molecule has 33 heavy (non-hydrogen) atoms. The van der Waals surface area contributed by atoms with Gasteiger partial charge in [0.05, 0.1) is 27.2 Å². The maximum Gasteiger partial charge on any atom is 0.297 e. The summed E-state index contributed by atoms with van der Waals surface area (Å²) < 4.78 is 34.4. The Balaban J connectivity index is 1.65. The molecule has 1 atom stereocenters. The van der Waals surface area contributed by atoms with Crippen LogP contribution < -0.4 is 10.3 Å². The van der Waals surface area contributed by atoms with E-state index in [4.69, 9.17) is 4.42 Å². The summed E-state index contributed by atoms with van der Waals surface area (Å²) in [6, 6.07) is 14.1. The first-order valence-corrected chi connectivity index (χ1v) is 10.9. The predicted molar refractivity (Wildman–Crippen MR) is 122 cm³/mol. The van der Waals surface area contributed by atoms with E-state index in [-0.39, 0.29) is 21.9 Å². The number of hydrogen-bond donors (Lipinski definition) is 0. The van der Waals surface area contributed by atoms with E-state index < -0.39 is 23.6 Å². The second-order valence-corrected chi connectivity index (χ2v) is 8.92. The van der Waals surface area contributed by atoms with Crippen molar-refractivity contribution in [3.8, 4) is 0 Å². The summed E-state index contributed by atoms with van der Waals surface area (Å²) in [5, 5.41) is 0.608. The first-order valence-electron chi connectivity index (χ1n) is 10.1. The van der Waals surface area contributed by atoms with Gasteiger partial charge in [0.2, 0.25) is 5.76 Å². The SMILES string of the molecule is Cc1ccc2oc3c(c(=O)c2c1)[C@@H](c1cccc(F)c1)N(c1nc2ccc(F)cc2s1)C3=O. The average Bonchev–Trinajstić information content (AvgIpc) is 3.32. The third-order valence-electron chi connectivity index (χ3n) is 5.74. The first-order chi connectivity index (χ1) is 15.9. The van der Waals surface area contributed by atoms with Crippen molar-refractivity contribution in [2.24, 2.45) is 0 Å². The average molecular weight is 460 g/mol. The van der Waals surface area contributed by atoms with Gasteiger partial charge in [0.15, 0.2) is 10.6 Å². The highest BCUT2D eigenvalue weighted by Gasteiger charge is 2.45. The van der Waals surface area contributed by atoms with E-state index in [9.17, 15) is 18.4 Å². The lowest BCUT2D eigenvalue weighted by Gasteiger charge is -2.22. The molecule has 5 aromatic rings. The van der Waals surface area contributed by atoms with Crippen LogP contribution in [0, 0.1) is 18.6 Å². The Labute approximate surface area is 189 Å². The van der Waals surface area contributed by atoms with Crippen molar-refractivity contribution < 1.29 is 18.0 Å². The van der Waals surface area contributed by atoms with Crippen LogP contribution in [0.3, 0.4) is 0 Å². The van der Waals surface area contributed by atoms with E-state index >= 15 is 0 Å². The lowest BCUT2D eigenvalue weighted by molar-refractivity contribution is 0.0971. The molecule has 3 heterocycles. The molecule has 0 saturated carbocycles. The number of rotatable bonds is 2. The Morgan fingerprint density at radius 2 is 1.82 bits per heavy atom. The maximum atomic E-state index is 14.2. The minimum absolute atomic E-state index is 0.101. The summed E-state index contributed by atoms with van der Waals surface area (Å²) in [6.45, 7) is 1.86. The number of anilines is 1. The topological polar surface area (TPSA) is 63.4 Å². The quantitative estimate of drug-likeness (QED) is 0.337. The largest absolute Gasteiger partial charge is 0.450 e. The van der Waals surface area contributed by atoms with E-state index in [2.05, 4.69) is 4.98 Å². The van der Waals surface area contributed by atoms with E-state index in [1.165, 1.54) is 41.3 Å². The number of nitrogens with zero attached hydrogens (tertiary/aromatic N) is 2. The predicted octanol–water partition coefficient (Wildman–Crippen LogP) is 5.74. The molecule has 6 rings (SSSR count). The number of aromatic nitrogens is 1. The van der Waals surface area contributed by atoms with Crippen molar-refractivity contribution in [1.82, 2.24) is 4.98 Å². The third-order valence-corrected chi connectivity index (χ3v) is 6.75. The summed E-state index contributed by atoms with van der Waals surface area (Å²) in [5.74, 6) is -1.58. The number of carbonyl (C=O) groups excluding carboxylic acids is 1. The van der Waals surface area contributed by atoms with Gasteiger partial charge in [-0.3, -0.25) is 14.5 Å². The monoisotopic (exact) mass is 460 g/mol. The molecule has 0 saturated heterocycles. The zero-order valence-electron chi connectivity index (χ0n) is 17.1. The smallest absolute Gasteiger partial charge is 0.297 e. The molecule has 0 unspecified atom stereocenters. The van der Waals surface area contributed by atoms with Crippen LogP contribution in [0.15, 0.2) is 69.9 Å². The molecular weight excluding hydrogens is 446 g/mol. The standard InChI is InChI=1S/C25H14F2N2O3S/c1-12-5-8-18-16(9-12)22(30)20-21(13-3-2-4-14(26)10-13)29(24(31)23(20)32-18)25-28-17-7-6-15(27)11-19(17)33-25/h2-11,21H,1H3/t21-/m1/s1. The van der Waals surface area contributed by atoms with E-state index in [0.717, 1.165) is 16.9 Å². The number of thiazole rings is 1. The normalized spacial score (nSPS) is 15.5. The zero-order valence-corrected chi connectivity index (χ0v) is 18.0. The van der Waals surface area contributed by atoms with Crippen molar-refractivity contribution in [2.75, 3.05) is 4.90 Å². The molecule has 3 aromatic carbocycles. The summed E-state index contributed by atoms with van der Waals surface area (Å²) in [7, 11) is 0. The molecule has 1 amide bonds. The maximum absolute atomic E-state index is 14.2. The van der Waals surface area contributed by atoms with Gasteiger partial charge in [-0.2, -0.15) is 0 Å². The Bertz CT molecular complexity index is 1670. The van der Waals surface area contributed by atoms with Gasteiger partial charge in [-0.1, -0.05) is 35.1 Å². The molecule has 0 aliphatic carbocycles. The summed E-state index contributed by atoms with van der Waals surface area (Å²) >= 11 is 1.11. The molecule has 8 heteroatoms. The summed E-state index contributed by atoms with van der Waals surface area (Å²) in [4.78, 5) is 33.0. The highest BCUT2D eigenvalue weighted by molar-refractivity contribution is 7.22. The molecule has 0 N–H and O–H groups in total. The van der Waals surface area contributed by atoms with Gasteiger partial charge in [-0.05, 0) is 55.0 Å². The van der Waals surface area contributed by atoms with Crippen LogP contribution in [0.4, 0.5) is 13.9 Å². The summed E-state index contributed by atoms with van der Waals surface area (Å²) in [6.07, 6.45) is 0. The molecular formula is C25H14F2N2O3S. The number of carbonyl (C=O) groups is 1. The van der Waals surface area contributed by atoms with Crippen molar-refractivity contribution in [1.29, 1.82) is 0 Å². The molecule has 5 nitrogen and oxygen atoms in total. The molecule has 2 aromatic heterocycles. The van der Waals surface area contributed by atoms with Crippen LogP contribution in [0.25, 0.3) is 21.2 Å². The van der Waals surface area contributed by atoms with Crippen LogP contribution in [-0.2, 0) is 0 Å². The van der Waals surface area contributed by atoms with Crippen LogP contribution in [0.5, 0.6) is 0 Å². The second-order valence-electron chi connectivity index (χ2n) is 7.91. The fourth-order valence-corrected chi connectivity index (χ4v) is 5.28. The van der Waals surface area contributed by atoms with Crippen molar-refractivity contribution in [3.05, 3.63) is 105 Å². The van der Waals surface area contributed by atoms with Gasteiger partial charge in [-0.15, -0.1) is 0 Å². The van der Waals surface area contributed by atoms with E-state index in [0.29, 0.717) is 26.7 Å². The van der Waals surface area contributed by atoms with Crippen LogP contribution >= 0.6 is 11.3 Å². The molecule has 0 fully saturated rings. The molecule has 0 bridgehead atoms. The lowest BCUT2D eigenvalue weighted by Crippen LogP contribution is -2.29. The van der Waals surface area contributed by atoms with Gasteiger partial charge < -0.3 is 4.42 Å². The Kier molecular flexibility index (Phi) is 4.22. The molecule has 0 spiro atoms. The highest BCUT2D eigenvalue weighted by atomic mass is 32.1. The minimum atomic E-state index is -0.935. The van der Waals surface area contributed by atoms with Gasteiger partial charge >= 0.3 is 0 Å². The van der Waals surface area contributed by atoms with Gasteiger partial charge in [0, 0.05) is 0 Å². The van der Waals surface area contributed by atoms with Crippen LogP contribution in [0.1, 0.15) is 33.3 Å². The van der Waals surface area contributed by atoms with Crippen molar-refractivity contribution >= 4 is 43.6 Å². The minimum Gasteiger partial charge on any atom is -0.450 e. The fourth-order valence-electron chi connectivity index (χ4n) is 4.27. The number of fused-ring (bicyclic) bond motifs is 3. The molecule has 1 aliphatic heterocycles. The van der Waals surface area contributed by atoms with Gasteiger partial charge in [-0.25, -0.2) is 13.8 Å². The van der Waals surface area contributed by atoms with Gasteiger partial charge in [0.25, 0.3) is 5.91 Å². The van der Waals surface area contributed by atoms with E-state index in [1.807, 2.05) is 6.92 Å². The number of hydrogen-bond acceptors (Lipinski definition) is 5. The number of benzene rings is 3. The fraction of sp³-hybridized carbons (Fsp3) is 0.0800. The molecule has 1 aliphatic rings. The molecule has 162 valence electrons. The second kappa shape index (κ2) is 7.05. The number of aryl methyl sites for hydroxylation is 1.